The van der Waals surface area contributed by atoms with Gasteiger partial charge in [-0.2, -0.15) is 0 Å². The second-order valence-corrected chi connectivity index (χ2v) is 9.22. The normalized spacial score (nSPS) is 13.6. The number of amides is 1. The van der Waals surface area contributed by atoms with Crippen LogP contribution in [0, 0.1) is 0 Å². The van der Waals surface area contributed by atoms with Gasteiger partial charge in [-0.25, -0.2) is 0 Å². The maximum absolute atomic E-state index is 12.9. The molecule has 1 amide bonds. The highest BCUT2D eigenvalue weighted by atomic mass is 16.1. The molecule has 0 bridgehead atoms. The number of pyridine rings is 1. The summed E-state index contributed by atoms with van der Waals surface area (Å²) in [5.74, 6) is 0.00620. The highest BCUT2D eigenvalue weighted by Crippen LogP contribution is 2.30. The first-order valence-corrected chi connectivity index (χ1v) is 11.7. The number of rotatable bonds is 7. The topological polar surface area (TPSA) is 36.8 Å². The monoisotopic (exact) mass is 417 g/mol. The Morgan fingerprint density at radius 1 is 1.03 bits per heavy atom. The molecule has 31 heavy (non-hydrogen) atoms. The second-order valence-electron chi connectivity index (χ2n) is 9.22. The molecular formula is C27H35N3O. The van der Waals surface area contributed by atoms with Crippen molar-refractivity contribution in [1.82, 2.24) is 9.72 Å². The molecule has 4 heteroatoms. The Balaban J connectivity index is 1.48. The molecule has 0 spiro atoms. The summed E-state index contributed by atoms with van der Waals surface area (Å²) in [7, 11) is 0. The van der Waals surface area contributed by atoms with E-state index in [1.807, 2.05) is 18.2 Å². The van der Waals surface area contributed by atoms with Crippen LogP contribution in [-0.4, -0.2) is 28.9 Å². The van der Waals surface area contributed by atoms with Gasteiger partial charge < -0.3 is 14.6 Å². The van der Waals surface area contributed by atoms with Crippen LogP contribution in [-0.2, 0) is 19.3 Å². The molecule has 0 aliphatic heterocycles. The maximum Gasteiger partial charge on any atom is 0.251 e. The van der Waals surface area contributed by atoms with Crippen LogP contribution in [0.15, 0.2) is 48.7 Å². The van der Waals surface area contributed by atoms with E-state index in [0.717, 1.165) is 30.5 Å². The van der Waals surface area contributed by atoms with Crippen molar-refractivity contribution >= 4 is 17.1 Å². The highest BCUT2D eigenvalue weighted by molar-refractivity contribution is 5.95. The number of nitrogens with one attached hydrogen (secondary N) is 1. The van der Waals surface area contributed by atoms with Crippen molar-refractivity contribution in [2.75, 3.05) is 11.4 Å². The number of aryl methyl sites for hydroxylation is 1. The van der Waals surface area contributed by atoms with Crippen LogP contribution in [0.4, 0.5) is 5.69 Å². The molecule has 2 aromatic heterocycles. The van der Waals surface area contributed by atoms with Crippen LogP contribution in [0.25, 0.3) is 5.52 Å². The molecule has 4 rings (SSSR count). The number of hydrogen-bond donors (Lipinski definition) is 1. The van der Waals surface area contributed by atoms with Gasteiger partial charge in [-0.3, -0.25) is 4.79 Å². The Labute approximate surface area is 186 Å². The zero-order valence-electron chi connectivity index (χ0n) is 19.3. The Bertz CT molecular complexity index is 1060. The first kappa shape index (κ1) is 21.5. The molecule has 0 saturated heterocycles. The average molecular weight is 418 g/mol. The van der Waals surface area contributed by atoms with Gasteiger partial charge in [-0.05, 0) is 101 Å². The van der Waals surface area contributed by atoms with Gasteiger partial charge in [0.2, 0.25) is 0 Å². The van der Waals surface area contributed by atoms with Crippen LogP contribution in [0.1, 0.15) is 67.7 Å². The molecule has 0 saturated carbocycles. The molecule has 1 aromatic carbocycles. The van der Waals surface area contributed by atoms with E-state index in [9.17, 15) is 4.79 Å². The third kappa shape index (κ3) is 4.34. The molecule has 0 atom stereocenters. The lowest BCUT2D eigenvalue weighted by Crippen LogP contribution is -2.37. The minimum absolute atomic E-state index is 0.00620. The lowest BCUT2D eigenvalue weighted by molar-refractivity contribution is 0.0954. The van der Waals surface area contributed by atoms with E-state index in [1.165, 1.54) is 35.2 Å². The predicted molar refractivity (Wildman–Crippen MR) is 129 cm³/mol. The number of nitrogens with zero attached hydrogens (tertiary/aromatic N) is 2. The van der Waals surface area contributed by atoms with E-state index in [1.54, 1.807) is 0 Å². The predicted octanol–water partition coefficient (Wildman–Crippen LogP) is 5.41. The average Bonchev–Trinajstić information content (AvgIpc) is 3.07. The van der Waals surface area contributed by atoms with Crippen molar-refractivity contribution in [1.29, 1.82) is 0 Å². The third-order valence-corrected chi connectivity index (χ3v) is 6.44. The summed E-state index contributed by atoms with van der Waals surface area (Å²) < 4.78 is 2.36. The summed E-state index contributed by atoms with van der Waals surface area (Å²) in [4.78, 5) is 15.2. The third-order valence-electron chi connectivity index (χ3n) is 6.44. The number of aromatic nitrogens is 1. The number of anilines is 1. The molecule has 4 nitrogen and oxygen atoms in total. The number of fused-ring (bicyclic) bond motifs is 3. The van der Waals surface area contributed by atoms with Gasteiger partial charge in [-0.15, -0.1) is 0 Å². The van der Waals surface area contributed by atoms with Crippen LogP contribution in [0.5, 0.6) is 0 Å². The van der Waals surface area contributed by atoms with E-state index < -0.39 is 0 Å². The number of carbonyl (C=O) groups excluding carboxylic acids is 1. The number of hydrogen-bond acceptors (Lipinski definition) is 2. The van der Waals surface area contributed by atoms with Crippen molar-refractivity contribution in [3.8, 4) is 0 Å². The Hall–Kier alpha value is -2.75. The minimum atomic E-state index is 0.00620. The molecule has 1 N–H and O–H groups in total. The van der Waals surface area contributed by atoms with E-state index in [2.05, 4.69) is 72.8 Å². The fourth-order valence-electron chi connectivity index (χ4n) is 5.24. The fourth-order valence-corrected chi connectivity index (χ4v) is 5.24. The number of benzene rings is 1. The van der Waals surface area contributed by atoms with Crippen molar-refractivity contribution in [2.45, 2.75) is 71.9 Å². The SMILES string of the molecule is CC(C)N(c1cccc(C(=O)NCCc2c3c(n4ccccc24)CCCC3)c1)C(C)C. The molecule has 0 fully saturated rings. The first-order chi connectivity index (χ1) is 15.0. The molecule has 164 valence electrons. The molecule has 3 aromatic rings. The van der Waals surface area contributed by atoms with E-state index in [4.69, 9.17) is 0 Å². The number of carbonyl (C=O) groups is 1. The summed E-state index contributed by atoms with van der Waals surface area (Å²) >= 11 is 0. The molecule has 0 radical (unpaired) electrons. The molecule has 1 aliphatic rings. The fraction of sp³-hybridized carbons (Fsp3) is 0.444. The van der Waals surface area contributed by atoms with E-state index >= 15 is 0 Å². The molecule has 0 unspecified atom stereocenters. The summed E-state index contributed by atoms with van der Waals surface area (Å²) in [5, 5.41) is 3.17. The summed E-state index contributed by atoms with van der Waals surface area (Å²) in [6.07, 6.45) is 7.90. The summed E-state index contributed by atoms with van der Waals surface area (Å²) in [6, 6.07) is 15.2. The summed E-state index contributed by atoms with van der Waals surface area (Å²) in [5.41, 5.74) is 7.53. The van der Waals surface area contributed by atoms with Crippen LogP contribution >= 0.6 is 0 Å². The highest BCUT2D eigenvalue weighted by Gasteiger charge is 2.20. The van der Waals surface area contributed by atoms with Gasteiger partial charge in [0.25, 0.3) is 5.91 Å². The van der Waals surface area contributed by atoms with Gasteiger partial charge in [0.15, 0.2) is 0 Å². The van der Waals surface area contributed by atoms with Gasteiger partial charge in [0, 0.05) is 47.3 Å². The van der Waals surface area contributed by atoms with Crippen LogP contribution in [0.3, 0.4) is 0 Å². The van der Waals surface area contributed by atoms with Crippen molar-refractivity contribution in [3.05, 3.63) is 71.0 Å². The van der Waals surface area contributed by atoms with Crippen LogP contribution < -0.4 is 10.2 Å². The first-order valence-electron chi connectivity index (χ1n) is 11.7. The Morgan fingerprint density at radius 3 is 2.58 bits per heavy atom. The van der Waals surface area contributed by atoms with E-state index in [0.29, 0.717) is 18.6 Å². The summed E-state index contributed by atoms with van der Waals surface area (Å²) in [6.45, 7) is 9.42. The van der Waals surface area contributed by atoms with Gasteiger partial charge >= 0.3 is 0 Å². The van der Waals surface area contributed by atoms with Gasteiger partial charge in [0.05, 0.1) is 0 Å². The van der Waals surface area contributed by atoms with Crippen LogP contribution in [0.2, 0.25) is 0 Å². The lowest BCUT2D eigenvalue weighted by Gasteiger charge is -2.33. The standard InChI is InChI=1S/C27H35N3O/c1-19(2)30(20(3)4)22-11-9-10-21(18-22)27(31)28-16-15-24-23-12-5-6-13-25(23)29-17-8-7-14-26(24)29/h7-11,14,17-20H,5-6,12-13,15-16H2,1-4H3,(H,28,31). The molecular weight excluding hydrogens is 382 g/mol. The Morgan fingerprint density at radius 2 is 1.81 bits per heavy atom. The zero-order chi connectivity index (χ0) is 22.0. The zero-order valence-corrected chi connectivity index (χ0v) is 19.3. The molecule has 2 heterocycles. The Kier molecular flexibility index (Phi) is 6.35. The second kappa shape index (κ2) is 9.17. The van der Waals surface area contributed by atoms with E-state index in [-0.39, 0.29) is 5.91 Å². The lowest BCUT2D eigenvalue weighted by atomic mass is 9.93. The van der Waals surface area contributed by atoms with Crippen molar-refractivity contribution in [2.24, 2.45) is 0 Å². The quantitative estimate of drug-likeness (QED) is 0.558. The largest absolute Gasteiger partial charge is 0.367 e. The maximum atomic E-state index is 12.9. The van der Waals surface area contributed by atoms with Gasteiger partial charge in [0.1, 0.15) is 0 Å². The molecule has 1 aliphatic carbocycles. The van der Waals surface area contributed by atoms with Crippen molar-refractivity contribution in [3.63, 3.8) is 0 Å². The van der Waals surface area contributed by atoms with Crippen molar-refractivity contribution < 1.29 is 4.79 Å². The minimum Gasteiger partial charge on any atom is -0.367 e. The smallest absolute Gasteiger partial charge is 0.251 e. The van der Waals surface area contributed by atoms with Gasteiger partial charge in [-0.1, -0.05) is 12.1 Å².